The summed E-state index contributed by atoms with van der Waals surface area (Å²) in [6.07, 6.45) is 1.49. The Balaban J connectivity index is 2.50. The summed E-state index contributed by atoms with van der Waals surface area (Å²) < 4.78 is 12.9. The van der Waals surface area contributed by atoms with Gasteiger partial charge in [0, 0.05) is 24.6 Å². The van der Waals surface area contributed by atoms with Crippen LogP contribution in [0.2, 0.25) is 0 Å². The molecule has 1 atom stereocenters. The second kappa shape index (κ2) is 6.50. The van der Waals surface area contributed by atoms with Gasteiger partial charge in [-0.05, 0) is 32.5 Å². The Morgan fingerprint density at radius 2 is 2.18 bits per heavy atom. The van der Waals surface area contributed by atoms with Crippen molar-refractivity contribution in [2.45, 2.75) is 32.7 Å². The summed E-state index contributed by atoms with van der Waals surface area (Å²) in [5.74, 6) is -0.356. The van der Waals surface area contributed by atoms with Gasteiger partial charge >= 0.3 is 0 Å². The van der Waals surface area contributed by atoms with Crippen molar-refractivity contribution in [3.05, 3.63) is 35.6 Å². The highest BCUT2D eigenvalue weighted by atomic mass is 19.1. The zero-order valence-corrected chi connectivity index (χ0v) is 10.7. The van der Waals surface area contributed by atoms with Crippen molar-refractivity contribution in [2.75, 3.05) is 13.6 Å². The maximum atomic E-state index is 12.9. The van der Waals surface area contributed by atoms with Crippen LogP contribution < -0.4 is 0 Å². The van der Waals surface area contributed by atoms with Gasteiger partial charge in [-0.25, -0.2) is 4.39 Å². The lowest BCUT2D eigenvalue weighted by atomic mass is 10.1. The van der Waals surface area contributed by atoms with Crippen LogP contribution in [-0.4, -0.2) is 30.3 Å². The second-order valence-corrected chi connectivity index (χ2v) is 4.42. The van der Waals surface area contributed by atoms with Gasteiger partial charge in [0.05, 0.1) is 0 Å². The molecule has 0 saturated carbocycles. The highest BCUT2D eigenvalue weighted by Gasteiger charge is 2.11. The van der Waals surface area contributed by atoms with E-state index in [0.29, 0.717) is 24.6 Å². The fourth-order valence-electron chi connectivity index (χ4n) is 1.62. The van der Waals surface area contributed by atoms with Gasteiger partial charge in [-0.2, -0.15) is 0 Å². The number of hydrogen-bond acceptors (Lipinski definition) is 2. The van der Waals surface area contributed by atoms with Crippen LogP contribution in [0.25, 0.3) is 0 Å². The van der Waals surface area contributed by atoms with E-state index in [9.17, 15) is 9.18 Å². The SMILES string of the molecule is CCC(C)N(C)CCC(=O)c1cccc(F)c1. The van der Waals surface area contributed by atoms with Crippen LogP contribution in [0.1, 0.15) is 37.0 Å². The third kappa shape index (κ3) is 4.27. The summed E-state index contributed by atoms with van der Waals surface area (Å²) in [5, 5.41) is 0. The van der Waals surface area contributed by atoms with Crippen molar-refractivity contribution in [3.8, 4) is 0 Å². The van der Waals surface area contributed by atoms with Crippen molar-refractivity contribution in [1.29, 1.82) is 0 Å². The van der Waals surface area contributed by atoms with Crippen LogP contribution >= 0.6 is 0 Å². The summed E-state index contributed by atoms with van der Waals surface area (Å²) >= 11 is 0. The van der Waals surface area contributed by atoms with Gasteiger partial charge in [0.15, 0.2) is 5.78 Å². The fraction of sp³-hybridized carbons (Fsp3) is 0.500. The lowest BCUT2D eigenvalue weighted by Gasteiger charge is -2.22. The van der Waals surface area contributed by atoms with Gasteiger partial charge in [0.2, 0.25) is 0 Å². The van der Waals surface area contributed by atoms with E-state index in [2.05, 4.69) is 18.7 Å². The third-order valence-corrected chi connectivity index (χ3v) is 3.18. The molecule has 2 nitrogen and oxygen atoms in total. The maximum absolute atomic E-state index is 12.9. The molecule has 0 N–H and O–H groups in total. The van der Waals surface area contributed by atoms with Crippen LogP contribution in [-0.2, 0) is 0 Å². The van der Waals surface area contributed by atoms with Gasteiger partial charge in [-0.3, -0.25) is 4.79 Å². The summed E-state index contributed by atoms with van der Waals surface area (Å²) in [6.45, 7) is 4.96. The number of hydrogen-bond donors (Lipinski definition) is 0. The molecule has 1 aromatic rings. The topological polar surface area (TPSA) is 20.3 Å². The van der Waals surface area contributed by atoms with E-state index >= 15 is 0 Å². The first-order valence-electron chi connectivity index (χ1n) is 6.03. The molecule has 0 fully saturated rings. The van der Waals surface area contributed by atoms with Crippen molar-refractivity contribution in [1.82, 2.24) is 4.90 Å². The van der Waals surface area contributed by atoms with Crippen molar-refractivity contribution in [2.24, 2.45) is 0 Å². The van der Waals surface area contributed by atoms with Crippen LogP contribution in [0.3, 0.4) is 0 Å². The van der Waals surface area contributed by atoms with Crippen LogP contribution in [0.5, 0.6) is 0 Å². The van der Waals surface area contributed by atoms with Crippen molar-refractivity contribution in [3.63, 3.8) is 0 Å². The molecule has 0 aliphatic heterocycles. The van der Waals surface area contributed by atoms with Crippen LogP contribution in [0.4, 0.5) is 4.39 Å². The molecule has 3 heteroatoms. The number of carbonyl (C=O) groups is 1. The van der Waals surface area contributed by atoms with Gasteiger partial charge in [-0.1, -0.05) is 19.1 Å². The van der Waals surface area contributed by atoms with Gasteiger partial charge in [0.1, 0.15) is 5.82 Å². The Bertz CT molecular complexity index is 378. The van der Waals surface area contributed by atoms with Crippen molar-refractivity contribution >= 4 is 5.78 Å². The predicted molar refractivity (Wildman–Crippen MR) is 67.7 cm³/mol. The first kappa shape index (κ1) is 13.8. The molecule has 0 saturated heterocycles. The molecule has 0 aromatic heterocycles. The molecule has 0 heterocycles. The molecule has 1 aromatic carbocycles. The summed E-state index contributed by atoms with van der Waals surface area (Å²) in [4.78, 5) is 14.0. The largest absolute Gasteiger partial charge is 0.303 e. The monoisotopic (exact) mass is 237 g/mol. The van der Waals surface area contributed by atoms with Crippen molar-refractivity contribution < 1.29 is 9.18 Å². The normalized spacial score (nSPS) is 12.8. The average Bonchev–Trinajstić information content (AvgIpc) is 2.34. The molecule has 1 rings (SSSR count). The Kier molecular flexibility index (Phi) is 5.29. The molecule has 0 aliphatic carbocycles. The molecule has 0 bridgehead atoms. The molecular formula is C14H20FNO. The highest BCUT2D eigenvalue weighted by molar-refractivity contribution is 5.96. The smallest absolute Gasteiger partial charge is 0.164 e. The van der Waals surface area contributed by atoms with E-state index in [1.807, 2.05) is 7.05 Å². The lowest BCUT2D eigenvalue weighted by Crippen LogP contribution is -2.30. The number of halogens is 1. The number of rotatable bonds is 6. The van der Waals surface area contributed by atoms with Gasteiger partial charge < -0.3 is 4.90 Å². The minimum atomic E-state index is -0.355. The Morgan fingerprint density at radius 1 is 1.47 bits per heavy atom. The number of carbonyl (C=O) groups excluding carboxylic acids is 1. The number of nitrogens with zero attached hydrogens (tertiary/aromatic N) is 1. The number of benzene rings is 1. The predicted octanol–water partition coefficient (Wildman–Crippen LogP) is 3.13. The minimum absolute atomic E-state index is 0.000321. The first-order chi connectivity index (χ1) is 8.04. The molecule has 0 aliphatic rings. The Hall–Kier alpha value is -1.22. The van der Waals surface area contributed by atoms with E-state index in [4.69, 9.17) is 0 Å². The van der Waals surface area contributed by atoms with E-state index < -0.39 is 0 Å². The summed E-state index contributed by atoms with van der Waals surface area (Å²) in [5.41, 5.74) is 0.461. The number of ketones is 1. The maximum Gasteiger partial charge on any atom is 0.164 e. The lowest BCUT2D eigenvalue weighted by molar-refractivity contribution is 0.0961. The summed E-state index contributed by atoms with van der Waals surface area (Å²) in [7, 11) is 2.01. The van der Waals surface area contributed by atoms with Gasteiger partial charge in [0.25, 0.3) is 0 Å². The molecule has 17 heavy (non-hydrogen) atoms. The standard InChI is InChI=1S/C14H20FNO/c1-4-11(2)16(3)9-8-14(17)12-6-5-7-13(15)10-12/h5-7,10-11H,4,8-9H2,1-3H3. The quantitative estimate of drug-likeness (QED) is 0.708. The van der Waals surface area contributed by atoms with E-state index in [-0.39, 0.29) is 11.6 Å². The first-order valence-corrected chi connectivity index (χ1v) is 6.03. The molecular weight excluding hydrogens is 217 g/mol. The molecule has 0 spiro atoms. The van der Waals surface area contributed by atoms with Crippen LogP contribution in [0, 0.1) is 5.82 Å². The van der Waals surface area contributed by atoms with Crippen LogP contribution in [0.15, 0.2) is 24.3 Å². The van der Waals surface area contributed by atoms with Gasteiger partial charge in [-0.15, -0.1) is 0 Å². The van der Waals surface area contributed by atoms with E-state index in [0.717, 1.165) is 6.42 Å². The fourth-order valence-corrected chi connectivity index (χ4v) is 1.62. The number of Topliss-reactive ketones (excluding diaryl/α,β-unsaturated/α-hetero) is 1. The highest BCUT2D eigenvalue weighted by Crippen LogP contribution is 2.08. The third-order valence-electron chi connectivity index (χ3n) is 3.18. The minimum Gasteiger partial charge on any atom is -0.303 e. The second-order valence-electron chi connectivity index (χ2n) is 4.42. The van der Waals surface area contributed by atoms with E-state index in [1.165, 1.54) is 12.1 Å². The van der Waals surface area contributed by atoms with E-state index in [1.54, 1.807) is 12.1 Å². The molecule has 1 unspecified atom stereocenters. The molecule has 94 valence electrons. The zero-order valence-electron chi connectivity index (χ0n) is 10.7. The Labute approximate surface area is 102 Å². The molecule has 0 amide bonds. The average molecular weight is 237 g/mol. The molecule has 0 radical (unpaired) electrons. The summed E-state index contributed by atoms with van der Waals surface area (Å²) in [6, 6.07) is 6.35. The Morgan fingerprint density at radius 3 is 2.76 bits per heavy atom. The zero-order chi connectivity index (χ0) is 12.8.